The topological polar surface area (TPSA) is 56.8 Å². The molecule has 1 saturated heterocycles. The van der Waals surface area contributed by atoms with E-state index in [9.17, 15) is 0 Å². The summed E-state index contributed by atoms with van der Waals surface area (Å²) in [6, 6.07) is 6.93. The number of hydrogen-bond donors (Lipinski definition) is 2. The first-order valence-electron chi connectivity index (χ1n) is 7.60. The normalized spacial score (nSPS) is 16.4. The van der Waals surface area contributed by atoms with E-state index in [1.165, 1.54) is 16.7 Å². The van der Waals surface area contributed by atoms with Gasteiger partial charge in [-0.3, -0.25) is 5.10 Å². The van der Waals surface area contributed by atoms with Crippen LogP contribution >= 0.6 is 0 Å². The van der Waals surface area contributed by atoms with Crippen LogP contribution in [0.1, 0.15) is 24.0 Å². The Balaban J connectivity index is 1.81. The van der Waals surface area contributed by atoms with Crippen molar-refractivity contribution in [2.24, 2.45) is 0 Å². The molecule has 0 unspecified atom stereocenters. The lowest BCUT2D eigenvalue weighted by atomic mass is 10.0. The molecule has 0 aliphatic carbocycles. The van der Waals surface area contributed by atoms with Gasteiger partial charge >= 0.3 is 0 Å². The molecule has 0 bridgehead atoms. The van der Waals surface area contributed by atoms with Gasteiger partial charge in [-0.1, -0.05) is 18.2 Å². The first-order chi connectivity index (χ1) is 10.2. The van der Waals surface area contributed by atoms with Gasteiger partial charge in [-0.2, -0.15) is 4.98 Å². The van der Waals surface area contributed by atoms with Crippen molar-refractivity contribution in [3.63, 3.8) is 0 Å². The van der Waals surface area contributed by atoms with E-state index in [0.29, 0.717) is 6.04 Å². The lowest BCUT2D eigenvalue weighted by Crippen LogP contribution is -2.41. The Labute approximate surface area is 125 Å². The lowest BCUT2D eigenvalue weighted by Gasteiger charge is -2.30. The van der Waals surface area contributed by atoms with Gasteiger partial charge in [0.1, 0.15) is 0 Å². The Bertz CT molecular complexity index is 591. The summed E-state index contributed by atoms with van der Waals surface area (Å²) in [7, 11) is 2.03. The molecule has 3 rings (SSSR count). The third-order valence-corrected chi connectivity index (χ3v) is 4.38. The molecule has 2 heterocycles. The number of aromatic nitrogens is 3. The van der Waals surface area contributed by atoms with E-state index in [1.54, 1.807) is 0 Å². The van der Waals surface area contributed by atoms with Crippen molar-refractivity contribution in [3.8, 4) is 11.4 Å². The number of aromatic amines is 1. The van der Waals surface area contributed by atoms with Crippen LogP contribution in [0.5, 0.6) is 0 Å². The third kappa shape index (κ3) is 2.78. The largest absolute Gasteiger partial charge is 0.339 e. The molecule has 0 atom stereocenters. The van der Waals surface area contributed by atoms with Crippen molar-refractivity contribution in [2.45, 2.75) is 32.7 Å². The third-order valence-electron chi connectivity index (χ3n) is 4.38. The molecule has 1 aromatic carbocycles. The van der Waals surface area contributed by atoms with Crippen LogP contribution in [0.3, 0.4) is 0 Å². The molecule has 5 heteroatoms. The molecule has 1 aliphatic heterocycles. The Kier molecular flexibility index (Phi) is 3.92. The van der Waals surface area contributed by atoms with Crippen molar-refractivity contribution in [3.05, 3.63) is 29.3 Å². The van der Waals surface area contributed by atoms with Crippen LogP contribution in [0.2, 0.25) is 0 Å². The van der Waals surface area contributed by atoms with Crippen molar-refractivity contribution in [2.75, 3.05) is 25.0 Å². The van der Waals surface area contributed by atoms with Gasteiger partial charge < -0.3 is 10.2 Å². The summed E-state index contributed by atoms with van der Waals surface area (Å²) >= 11 is 0. The molecule has 21 heavy (non-hydrogen) atoms. The summed E-state index contributed by atoms with van der Waals surface area (Å²) in [6.45, 7) is 6.25. The summed E-state index contributed by atoms with van der Waals surface area (Å²) < 4.78 is 0. The molecular weight excluding hydrogens is 262 g/mol. The van der Waals surface area contributed by atoms with Gasteiger partial charge in [0.25, 0.3) is 0 Å². The molecule has 1 aromatic heterocycles. The molecule has 0 radical (unpaired) electrons. The van der Waals surface area contributed by atoms with Crippen LogP contribution in [0.4, 0.5) is 5.95 Å². The molecule has 1 aliphatic rings. The Morgan fingerprint density at radius 1 is 1.19 bits per heavy atom. The fraction of sp³-hybridized carbons (Fsp3) is 0.500. The van der Waals surface area contributed by atoms with Gasteiger partial charge in [0, 0.05) is 24.7 Å². The van der Waals surface area contributed by atoms with Gasteiger partial charge in [0.2, 0.25) is 5.95 Å². The summed E-state index contributed by atoms with van der Waals surface area (Å²) in [5, 5.41) is 10.9. The van der Waals surface area contributed by atoms with Crippen LogP contribution < -0.4 is 10.2 Å². The maximum absolute atomic E-state index is 4.72. The Morgan fingerprint density at radius 3 is 2.48 bits per heavy atom. The minimum atomic E-state index is 0.623. The number of rotatable bonds is 3. The number of H-pyrrole nitrogens is 1. The predicted octanol–water partition coefficient (Wildman–Crippen LogP) is 2.28. The van der Waals surface area contributed by atoms with E-state index < -0.39 is 0 Å². The average Bonchev–Trinajstić information content (AvgIpc) is 2.97. The van der Waals surface area contributed by atoms with Gasteiger partial charge in [0.15, 0.2) is 5.82 Å². The highest BCUT2D eigenvalue weighted by Crippen LogP contribution is 2.26. The Morgan fingerprint density at radius 2 is 1.86 bits per heavy atom. The molecule has 2 aromatic rings. The highest BCUT2D eigenvalue weighted by atomic mass is 15.4. The summed E-state index contributed by atoms with van der Waals surface area (Å²) in [5.74, 6) is 1.69. The fourth-order valence-corrected chi connectivity index (χ4v) is 3.06. The molecule has 0 saturated carbocycles. The van der Waals surface area contributed by atoms with Crippen molar-refractivity contribution >= 4 is 5.95 Å². The number of nitrogens with one attached hydrogen (secondary N) is 2. The molecule has 0 amide bonds. The average molecular weight is 285 g/mol. The molecular formula is C16H23N5. The Hall–Kier alpha value is -1.88. The van der Waals surface area contributed by atoms with Gasteiger partial charge in [-0.15, -0.1) is 5.10 Å². The monoisotopic (exact) mass is 285 g/mol. The summed E-state index contributed by atoms with van der Waals surface area (Å²) in [6.07, 6.45) is 2.29. The standard InChI is InChI=1S/C16H23N5/c1-11-5-4-6-12(2)14(11)15-18-16(20-19-15)21-9-7-13(17-3)8-10-21/h4-6,13,17H,7-10H2,1-3H3,(H,18,19,20). The predicted molar refractivity (Wildman–Crippen MR) is 85.6 cm³/mol. The number of anilines is 1. The van der Waals surface area contributed by atoms with Gasteiger partial charge in [0.05, 0.1) is 0 Å². The number of hydrogen-bond acceptors (Lipinski definition) is 4. The zero-order valence-corrected chi connectivity index (χ0v) is 13.0. The lowest BCUT2D eigenvalue weighted by molar-refractivity contribution is 0.439. The zero-order valence-electron chi connectivity index (χ0n) is 13.0. The number of piperidine rings is 1. The molecule has 112 valence electrons. The maximum Gasteiger partial charge on any atom is 0.245 e. The van der Waals surface area contributed by atoms with Crippen LogP contribution in [-0.2, 0) is 0 Å². The van der Waals surface area contributed by atoms with E-state index in [0.717, 1.165) is 37.7 Å². The summed E-state index contributed by atoms with van der Waals surface area (Å²) in [4.78, 5) is 6.98. The van der Waals surface area contributed by atoms with Crippen LogP contribution in [0, 0.1) is 13.8 Å². The highest BCUT2D eigenvalue weighted by Gasteiger charge is 2.21. The van der Waals surface area contributed by atoms with Crippen LogP contribution in [0.25, 0.3) is 11.4 Å². The minimum absolute atomic E-state index is 0.623. The first kappa shape index (κ1) is 14.1. The second kappa shape index (κ2) is 5.85. The first-order valence-corrected chi connectivity index (χ1v) is 7.60. The van der Waals surface area contributed by atoms with Crippen LogP contribution in [-0.4, -0.2) is 41.4 Å². The van der Waals surface area contributed by atoms with E-state index in [4.69, 9.17) is 4.98 Å². The smallest absolute Gasteiger partial charge is 0.245 e. The number of benzene rings is 1. The summed E-state index contributed by atoms with van der Waals surface area (Å²) in [5.41, 5.74) is 3.62. The minimum Gasteiger partial charge on any atom is -0.339 e. The van der Waals surface area contributed by atoms with E-state index in [1.807, 2.05) is 7.05 Å². The van der Waals surface area contributed by atoms with Crippen molar-refractivity contribution in [1.29, 1.82) is 0 Å². The van der Waals surface area contributed by atoms with E-state index >= 15 is 0 Å². The number of aryl methyl sites for hydroxylation is 2. The van der Waals surface area contributed by atoms with Crippen molar-refractivity contribution < 1.29 is 0 Å². The molecule has 0 spiro atoms. The van der Waals surface area contributed by atoms with Gasteiger partial charge in [-0.25, -0.2) is 0 Å². The highest BCUT2D eigenvalue weighted by molar-refractivity contribution is 5.65. The zero-order chi connectivity index (χ0) is 14.8. The molecule has 1 fully saturated rings. The second-order valence-electron chi connectivity index (χ2n) is 5.80. The number of nitrogens with zero attached hydrogens (tertiary/aromatic N) is 3. The van der Waals surface area contributed by atoms with Gasteiger partial charge in [-0.05, 0) is 44.9 Å². The quantitative estimate of drug-likeness (QED) is 0.908. The SMILES string of the molecule is CNC1CCN(c2n[nH]c(-c3c(C)cccc3C)n2)CC1. The van der Waals surface area contributed by atoms with E-state index in [-0.39, 0.29) is 0 Å². The maximum atomic E-state index is 4.72. The van der Waals surface area contributed by atoms with Crippen molar-refractivity contribution in [1.82, 2.24) is 20.5 Å². The van der Waals surface area contributed by atoms with Crippen LogP contribution in [0.15, 0.2) is 18.2 Å². The fourth-order valence-electron chi connectivity index (χ4n) is 3.06. The molecule has 5 nitrogen and oxygen atoms in total. The van der Waals surface area contributed by atoms with E-state index in [2.05, 4.69) is 52.5 Å². The molecule has 2 N–H and O–H groups in total. The second-order valence-corrected chi connectivity index (χ2v) is 5.80.